The Morgan fingerprint density at radius 2 is 1.86 bits per heavy atom. The highest BCUT2D eigenvalue weighted by Gasteiger charge is 2.31. The number of nitrogens with one attached hydrogen (secondary N) is 1. The molecule has 2 unspecified atom stereocenters. The number of carbonyl (C=O) groups excluding carboxylic acids is 1. The fraction of sp³-hybridized carbons (Fsp3) is 0.467. The maximum absolute atomic E-state index is 12.3. The van der Waals surface area contributed by atoms with Crippen molar-refractivity contribution < 1.29 is 14.7 Å². The van der Waals surface area contributed by atoms with Crippen molar-refractivity contribution in [3.63, 3.8) is 0 Å². The Labute approximate surface area is 133 Å². The van der Waals surface area contributed by atoms with Gasteiger partial charge in [0.1, 0.15) is 0 Å². The number of carbonyl (C=O) groups is 2. The molecule has 0 aromatic heterocycles. The van der Waals surface area contributed by atoms with Gasteiger partial charge >= 0.3 is 5.97 Å². The zero-order chi connectivity index (χ0) is 15.4. The summed E-state index contributed by atoms with van der Waals surface area (Å²) in [6, 6.07) is 4.28. The molecule has 0 saturated heterocycles. The quantitative estimate of drug-likeness (QED) is 0.830. The topological polar surface area (TPSA) is 66.4 Å². The number of carboxylic acid groups (broad SMARTS) is 1. The van der Waals surface area contributed by atoms with Crippen molar-refractivity contribution in [2.24, 2.45) is 5.92 Å². The van der Waals surface area contributed by atoms with Crippen molar-refractivity contribution in [2.45, 2.75) is 38.1 Å². The van der Waals surface area contributed by atoms with E-state index in [1.807, 2.05) is 0 Å². The van der Waals surface area contributed by atoms with Crippen LogP contribution < -0.4 is 5.32 Å². The smallest absolute Gasteiger partial charge is 0.308 e. The van der Waals surface area contributed by atoms with Crippen molar-refractivity contribution in [1.82, 2.24) is 5.32 Å². The molecule has 0 heterocycles. The highest BCUT2D eigenvalue weighted by atomic mass is 35.5. The van der Waals surface area contributed by atoms with Crippen LogP contribution in [0.25, 0.3) is 0 Å². The predicted octanol–water partition coefficient (Wildman–Crippen LogP) is 3.76. The fourth-order valence-electron chi connectivity index (χ4n) is 2.69. The van der Waals surface area contributed by atoms with Crippen LogP contribution in [0.3, 0.4) is 0 Å². The van der Waals surface area contributed by atoms with Crippen LogP contribution in [0.2, 0.25) is 10.0 Å². The lowest BCUT2D eigenvalue weighted by Gasteiger charge is -2.23. The average Bonchev–Trinajstić information content (AvgIpc) is 2.67. The van der Waals surface area contributed by atoms with Gasteiger partial charge in [-0.3, -0.25) is 9.59 Å². The number of hydrogen-bond donors (Lipinski definition) is 2. The Bertz CT molecular complexity index is 548. The minimum Gasteiger partial charge on any atom is -0.481 e. The summed E-state index contributed by atoms with van der Waals surface area (Å²) in [4.78, 5) is 23.7. The van der Waals surface area contributed by atoms with Crippen molar-refractivity contribution in [3.05, 3.63) is 33.8 Å². The third-order valence-electron chi connectivity index (χ3n) is 3.82. The van der Waals surface area contributed by atoms with Crippen molar-refractivity contribution in [3.8, 4) is 0 Å². The van der Waals surface area contributed by atoms with Crippen LogP contribution in [-0.4, -0.2) is 23.0 Å². The Morgan fingerprint density at radius 1 is 1.14 bits per heavy atom. The molecule has 114 valence electrons. The van der Waals surface area contributed by atoms with Crippen molar-refractivity contribution >= 4 is 35.1 Å². The SMILES string of the molecule is O=C(NC1CCCCCC1C(=O)O)c1cc(Cl)ccc1Cl. The summed E-state index contributed by atoms with van der Waals surface area (Å²) < 4.78 is 0. The van der Waals surface area contributed by atoms with Crippen LogP contribution >= 0.6 is 23.2 Å². The molecule has 0 bridgehead atoms. The molecule has 2 atom stereocenters. The van der Waals surface area contributed by atoms with Gasteiger partial charge in [-0.25, -0.2) is 0 Å². The third kappa shape index (κ3) is 4.11. The lowest BCUT2D eigenvalue weighted by molar-refractivity contribution is -0.142. The molecule has 1 aliphatic carbocycles. The molecular formula is C15H17Cl2NO3. The Kier molecular flexibility index (Phi) is 5.48. The molecule has 1 aromatic rings. The monoisotopic (exact) mass is 329 g/mol. The molecule has 0 aliphatic heterocycles. The van der Waals surface area contributed by atoms with Crippen molar-refractivity contribution in [2.75, 3.05) is 0 Å². The number of halogens is 2. The molecule has 2 rings (SSSR count). The molecule has 4 nitrogen and oxygen atoms in total. The van der Waals surface area contributed by atoms with Crippen LogP contribution in [0.15, 0.2) is 18.2 Å². The van der Waals surface area contributed by atoms with Gasteiger partial charge in [-0.05, 0) is 31.0 Å². The standard InChI is InChI=1S/C15H17Cl2NO3/c16-9-6-7-12(17)11(8-9)14(19)18-13-5-3-1-2-4-10(13)15(20)21/h6-8,10,13H,1-5H2,(H,18,19)(H,20,21). The molecule has 2 N–H and O–H groups in total. The maximum Gasteiger partial charge on any atom is 0.308 e. The van der Waals surface area contributed by atoms with E-state index in [1.54, 1.807) is 12.1 Å². The molecule has 1 aliphatic rings. The first kappa shape index (κ1) is 16.1. The fourth-order valence-corrected chi connectivity index (χ4v) is 3.07. The second-order valence-electron chi connectivity index (χ2n) is 5.29. The van der Waals surface area contributed by atoms with Gasteiger partial charge < -0.3 is 10.4 Å². The molecular weight excluding hydrogens is 313 g/mol. The van der Waals surface area contributed by atoms with E-state index in [2.05, 4.69) is 5.32 Å². The molecule has 0 radical (unpaired) electrons. The van der Waals surface area contributed by atoms with Crippen LogP contribution in [0, 0.1) is 5.92 Å². The van der Waals surface area contributed by atoms with E-state index in [1.165, 1.54) is 6.07 Å². The minimum atomic E-state index is -0.862. The summed E-state index contributed by atoms with van der Waals surface area (Å²) in [5.74, 6) is -1.78. The number of carboxylic acids is 1. The van der Waals surface area contributed by atoms with E-state index in [0.717, 1.165) is 19.3 Å². The summed E-state index contributed by atoms with van der Waals surface area (Å²) >= 11 is 11.9. The lowest BCUT2D eigenvalue weighted by atomic mass is 9.94. The summed E-state index contributed by atoms with van der Waals surface area (Å²) in [6.07, 6.45) is 4.04. The lowest BCUT2D eigenvalue weighted by Crippen LogP contribution is -2.42. The largest absolute Gasteiger partial charge is 0.481 e. The van der Waals surface area contributed by atoms with E-state index >= 15 is 0 Å². The number of rotatable bonds is 3. The normalized spacial score (nSPS) is 22.4. The van der Waals surface area contributed by atoms with E-state index in [-0.39, 0.29) is 17.5 Å². The molecule has 1 aromatic carbocycles. The summed E-state index contributed by atoms with van der Waals surface area (Å²) in [6.45, 7) is 0. The average molecular weight is 330 g/mol. The molecule has 6 heteroatoms. The number of hydrogen-bond acceptors (Lipinski definition) is 2. The van der Waals surface area contributed by atoms with E-state index in [4.69, 9.17) is 23.2 Å². The number of benzene rings is 1. The maximum atomic E-state index is 12.3. The first-order valence-electron chi connectivity index (χ1n) is 6.98. The van der Waals surface area contributed by atoms with Gasteiger partial charge in [0, 0.05) is 11.1 Å². The van der Waals surface area contributed by atoms with Crippen LogP contribution in [0.4, 0.5) is 0 Å². The second kappa shape index (κ2) is 7.14. The number of amides is 1. The van der Waals surface area contributed by atoms with Crippen molar-refractivity contribution in [1.29, 1.82) is 0 Å². The molecule has 0 spiro atoms. The minimum absolute atomic E-state index is 0.276. The van der Waals surface area contributed by atoms with Gasteiger partial charge in [-0.1, -0.05) is 42.5 Å². The first-order valence-corrected chi connectivity index (χ1v) is 7.73. The highest BCUT2D eigenvalue weighted by molar-refractivity contribution is 6.35. The molecule has 21 heavy (non-hydrogen) atoms. The van der Waals surface area contributed by atoms with Gasteiger partial charge in [0.2, 0.25) is 0 Å². The van der Waals surface area contributed by atoms with Crippen LogP contribution in [-0.2, 0) is 4.79 Å². The first-order chi connectivity index (χ1) is 9.99. The zero-order valence-electron chi connectivity index (χ0n) is 11.4. The van der Waals surface area contributed by atoms with Crippen LogP contribution in [0.1, 0.15) is 42.5 Å². The van der Waals surface area contributed by atoms with E-state index < -0.39 is 11.9 Å². The zero-order valence-corrected chi connectivity index (χ0v) is 13.0. The van der Waals surface area contributed by atoms with Gasteiger partial charge in [0.25, 0.3) is 5.91 Å². The summed E-state index contributed by atoms with van der Waals surface area (Å²) in [7, 11) is 0. The molecule has 1 fully saturated rings. The van der Waals surface area contributed by atoms with E-state index in [9.17, 15) is 14.7 Å². The van der Waals surface area contributed by atoms with Crippen LogP contribution in [0.5, 0.6) is 0 Å². The van der Waals surface area contributed by atoms with Gasteiger partial charge in [-0.2, -0.15) is 0 Å². The highest BCUT2D eigenvalue weighted by Crippen LogP contribution is 2.25. The summed E-state index contributed by atoms with van der Waals surface area (Å²) in [5.41, 5.74) is 0.276. The molecule has 1 saturated carbocycles. The van der Waals surface area contributed by atoms with E-state index in [0.29, 0.717) is 22.9 Å². The Balaban J connectivity index is 2.16. The van der Waals surface area contributed by atoms with Gasteiger partial charge in [0.05, 0.1) is 16.5 Å². The Morgan fingerprint density at radius 3 is 2.57 bits per heavy atom. The summed E-state index contributed by atoms with van der Waals surface area (Å²) in [5, 5.41) is 12.8. The third-order valence-corrected chi connectivity index (χ3v) is 4.39. The second-order valence-corrected chi connectivity index (χ2v) is 6.13. The van der Waals surface area contributed by atoms with Gasteiger partial charge in [0.15, 0.2) is 0 Å². The number of aliphatic carboxylic acids is 1. The predicted molar refractivity (Wildman–Crippen MR) is 81.9 cm³/mol. The molecule has 1 amide bonds. The Hall–Kier alpha value is -1.26. The van der Waals surface area contributed by atoms with Gasteiger partial charge in [-0.15, -0.1) is 0 Å².